The Morgan fingerprint density at radius 1 is 1.14 bits per heavy atom. The minimum Gasteiger partial charge on any atom is -0.497 e. The standard InChI is InChI=1S/C18H21NO2/c1-21-17-8-4-7-15(11-17)18(12-20)19-16-9-13-5-2-3-6-14(13)10-16/h2-8,11,16,18-20H,9-10,12H2,1H3. The van der Waals surface area contributed by atoms with E-state index in [0.717, 1.165) is 24.2 Å². The summed E-state index contributed by atoms with van der Waals surface area (Å²) in [6.07, 6.45) is 2.05. The lowest BCUT2D eigenvalue weighted by Crippen LogP contribution is -2.35. The number of aliphatic hydroxyl groups excluding tert-OH is 1. The van der Waals surface area contributed by atoms with Crippen LogP contribution < -0.4 is 10.1 Å². The van der Waals surface area contributed by atoms with Gasteiger partial charge in [-0.25, -0.2) is 0 Å². The summed E-state index contributed by atoms with van der Waals surface area (Å²) in [6, 6.07) is 16.8. The van der Waals surface area contributed by atoms with Crippen LogP contribution in [-0.4, -0.2) is 24.9 Å². The monoisotopic (exact) mass is 283 g/mol. The maximum absolute atomic E-state index is 9.72. The van der Waals surface area contributed by atoms with Gasteiger partial charge in [0.2, 0.25) is 0 Å². The van der Waals surface area contributed by atoms with Gasteiger partial charge in [0.25, 0.3) is 0 Å². The van der Waals surface area contributed by atoms with Crippen LogP contribution in [-0.2, 0) is 12.8 Å². The fraction of sp³-hybridized carbons (Fsp3) is 0.333. The highest BCUT2D eigenvalue weighted by Crippen LogP contribution is 2.25. The Hall–Kier alpha value is -1.84. The van der Waals surface area contributed by atoms with Crippen LogP contribution in [0.5, 0.6) is 5.75 Å². The Morgan fingerprint density at radius 2 is 1.86 bits per heavy atom. The van der Waals surface area contributed by atoms with Crippen molar-refractivity contribution in [1.82, 2.24) is 5.32 Å². The number of ether oxygens (including phenoxy) is 1. The predicted octanol–water partition coefficient (Wildman–Crippen LogP) is 2.49. The number of nitrogens with one attached hydrogen (secondary N) is 1. The Labute approximate surface area is 125 Å². The van der Waals surface area contributed by atoms with Gasteiger partial charge in [0.15, 0.2) is 0 Å². The zero-order valence-corrected chi connectivity index (χ0v) is 12.3. The molecule has 0 amide bonds. The van der Waals surface area contributed by atoms with Crippen molar-refractivity contribution < 1.29 is 9.84 Å². The third kappa shape index (κ3) is 3.09. The normalized spacial score (nSPS) is 15.7. The number of rotatable bonds is 5. The molecular weight excluding hydrogens is 262 g/mol. The molecule has 0 radical (unpaired) electrons. The summed E-state index contributed by atoms with van der Waals surface area (Å²) in [4.78, 5) is 0. The van der Waals surface area contributed by atoms with E-state index in [2.05, 4.69) is 29.6 Å². The molecule has 0 spiro atoms. The Balaban J connectivity index is 1.71. The first-order valence-corrected chi connectivity index (χ1v) is 7.38. The van der Waals surface area contributed by atoms with Crippen LogP contribution >= 0.6 is 0 Å². The smallest absolute Gasteiger partial charge is 0.119 e. The summed E-state index contributed by atoms with van der Waals surface area (Å²) in [6.45, 7) is 0.0833. The van der Waals surface area contributed by atoms with Crippen LogP contribution in [0.4, 0.5) is 0 Å². The molecule has 3 rings (SSSR count). The van der Waals surface area contributed by atoms with Crippen LogP contribution in [0, 0.1) is 0 Å². The van der Waals surface area contributed by atoms with Crippen LogP contribution in [0.15, 0.2) is 48.5 Å². The zero-order chi connectivity index (χ0) is 14.7. The number of aliphatic hydroxyl groups is 1. The van der Waals surface area contributed by atoms with E-state index in [0.29, 0.717) is 6.04 Å². The van der Waals surface area contributed by atoms with Crippen molar-refractivity contribution in [1.29, 1.82) is 0 Å². The summed E-state index contributed by atoms with van der Waals surface area (Å²) < 4.78 is 5.26. The van der Waals surface area contributed by atoms with Crippen molar-refractivity contribution in [3.05, 3.63) is 65.2 Å². The molecule has 2 aromatic carbocycles. The van der Waals surface area contributed by atoms with Gasteiger partial charge >= 0.3 is 0 Å². The number of hydrogen-bond acceptors (Lipinski definition) is 3. The van der Waals surface area contributed by atoms with E-state index in [1.165, 1.54) is 11.1 Å². The minimum atomic E-state index is -0.0561. The molecule has 3 nitrogen and oxygen atoms in total. The Bertz CT molecular complexity index is 587. The maximum atomic E-state index is 9.72. The summed E-state index contributed by atoms with van der Waals surface area (Å²) in [5.41, 5.74) is 3.89. The van der Waals surface area contributed by atoms with Crippen molar-refractivity contribution in [3.8, 4) is 5.75 Å². The molecule has 0 aromatic heterocycles. The molecule has 1 atom stereocenters. The van der Waals surface area contributed by atoms with Gasteiger partial charge in [0.1, 0.15) is 5.75 Å². The predicted molar refractivity (Wildman–Crippen MR) is 83.6 cm³/mol. The minimum absolute atomic E-state index is 0.0561. The molecule has 0 fully saturated rings. The van der Waals surface area contributed by atoms with Gasteiger partial charge < -0.3 is 15.2 Å². The largest absolute Gasteiger partial charge is 0.497 e. The first kappa shape index (κ1) is 14.1. The second kappa shape index (κ2) is 6.29. The molecule has 0 bridgehead atoms. The van der Waals surface area contributed by atoms with Crippen LogP contribution in [0.3, 0.4) is 0 Å². The summed E-state index contributed by atoms with van der Waals surface area (Å²) in [5.74, 6) is 0.822. The third-order valence-electron chi connectivity index (χ3n) is 4.17. The van der Waals surface area contributed by atoms with E-state index in [1.54, 1.807) is 7.11 Å². The van der Waals surface area contributed by atoms with Crippen molar-refractivity contribution in [2.45, 2.75) is 24.9 Å². The van der Waals surface area contributed by atoms with E-state index in [1.807, 2.05) is 24.3 Å². The highest BCUT2D eigenvalue weighted by atomic mass is 16.5. The van der Waals surface area contributed by atoms with E-state index >= 15 is 0 Å². The summed E-state index contributed by atoms with van der Waals surface area (Å²) in [5, 5.41) is 13.3. The number of hydrogen-bond donors (Lipinski definition) is 2. The number of methoxy groups -OCH3 is 1. The Kier molecular flexibility index (Phi) is 4.23. The van der Waals surface area contributed by atoms with Crippen molar-refractivity contribution in [2.75, 3.05) is 13.7 Å². The Morgan fingerprint density at radius 3 is 2.48 bits per heavy atom. The van der Waals surface area contributed by atoms with Crippen LogP contribution in [0.25, 0.3) is 0 Å². The van der Waals surface area contributed by atoms with Gasteiger partial charge in [-0.3, -0.25) is 0 Å². The lowest BCUT2D eigenvalue weighted by molar-refractivity contribution is 0.233. The second-order valence-electron chi connectivity index (χ2n) is 5.55. The van der Waals surface area contributed by atoms with Crippen LogP contribution in [0.1, 0.15) is 22.7 Å². The lowest BCUT2D eigenvalue weighted by Gasteiger charge is -2.22. The van der Waals surface area contributed by atoms with E-state index in [9.17, 15) is 5.11 Å². The molecule has 0 saturated carbocycles. The fourth-order valence-corrected chi connectivity index (χ4v) is 3.07. The van der Waals surface area contributed by atoms with Gasteiger partial charge in [-0.1, -0.05) is 36.4 Å². The van der Waals surface area contributed by atoms with E-state index < -0.39 is 0 Å². The third-order valence-corrected chi connectivity index (χ3v) is 4.17. The number of fused-ring (bicyclic) bond motifs is 1. The molecule has 0 aliphatic heterocycles. The molecule has 1 aliphatic carbocycles. The molecule has 1 aliphatic rings. The first-order valence-electron chi connectivity index (χ1n) is 7.38. The summed E-state index contributed by atoms with van der Waals surface area (Å²) >= 11 is 0. The van der Waals surface area contributed by atoms with Gasteiger partial charge in [-0.05, 0) is 41.7 Å². The molecule has 3 heteroatoms. The first-order chi connectivity index (χ1) is 10.3. The number of benzene rings is 2. The topological polar surface area (TPSA) is 41.5 Å². The maximum Gasteiger partial charge on any atom is 0.119 e. The van der Waals surface area contributed by atoms with Crippen molar-refractivity contribution in [3.63, 3.8) is 0 Å². The van der Waals surface area contributed by atoms with E-state index in [4.69, 9.17) is 4.74 Å². The van der Waals surface area contributed by atoms with Crippen LogP contribution in [0.2, 0.25) is 0 Å². The van der Waals surface area contributed by atoms with Gasteiger partial charge in [0.05, 0.1) is 19.8 Å². The molecule has 2 aromatic rings. The lowest BCUT2D eigenvalue weighted by atomic mass is 10.1. The molecule has 0 saturated heterocycles. The summed E-state index contributed by atoms with van der Waals surface area (Å²) in [7, 11) is 1.66. The molecule has 2 N–H and O–H groups in total. The fourth-order valence-electron chi connectivity index (χ4n) is 3.07. The molecule has 110 valence electrons. The van der Waals surface area contributed by atoms with Crippen molar-refractivity contribution >= 4 is 0 Å². The van der Waals surface area contributed by atoms with Gasteiger partial charge in [0, 0.05) is 6.04 Å². The highest BCUT2D eigenvalue weighted by molar-refractivity contribution is 5.34. The second-order valence-corrected chi connectivity index (χ2v) is 5.55. The highest BCUT2D eigenvalue weighted by Gasteiger charge is 2.23. The molecule has 21 heavy (non-hydrogen) atoms. The zero-order valence-electron chi connectivity index (χ0n) is 12.3. The van der Waals surface area contributed by atoms with Gasteiger partial charge in [-0.15, -0.1) is 0 Å². The van der Waals surface area contributed by atoms with Crippen molar-refractivity contribution in [2.24, 2.45) is 0 Å². The van der Waals surface area contributed by atoms with Gasteiger partial charge in [-0.2, -0.15) is 0 Å². The average molecular weight is 283 g/mol. The van der Waals surface area contributed by atoms with E-state index in [-0.39, 0.29) is 12.6 Å². The average Bonchev–Trinajstić information content (AvgIpc) is 2.95. The molecule has 0 heterocycles. The SMILES string of the molecule is COc1cccc(C(CO)NC2Cc3ccccc3C2)c1. The molecule has 1 unspecified atom stereocenters. The molecular formula is C18H21NO2. The quantitative estimate of drug-likeness (QED) is 0.886.